The molecule has 4 nitrogen and oxygen atoms in total. The number of hydrogen-bond acceptors (Lipinski definition) is 3. The second kappa shape index (κ2) is 9.92. The summed E-state index contributed by atoms with van der Waals surface area (Å²) in [7, 11) is 0. The number of hydrogen-bond donors (Lipinski definition) is 1. The SMILES string of the molecule is CC(c1ccc(Cl)cc1)C(CNC(=O)C(C)(C)Oc1ccccn1)c1cccc(F)c1. The molecule has 0 aliphatic carbocycles. The third-order valence-corrected chi connectivity index (χ3v) is 5.55. The van der Waals surface area contributed by atoms with Crippen molar-refractivity contribution in [3.63, 3.8) is 0 Å². The molecule has 162 valence electrons. The third-order valence-electron chi connectivity index (χ3n) is 5.30. The van der Waals surface area contributed by atoms with E-state index in [4.69, 9.17) is 16.3 Å². The van der Waals surface area contributed by atoms with Gasteiger partial charge in [0.25, 0.3) is 5.91 Å². The van der Waals surface area contributed by atoms with Crippen LogP contribution in [0.4, 0.5) is 4.39 Å². The number of aromatic nitrogens is 1. The maximum atomic E-state index is 13.9. The molecule has 2 unspecified atom stereocenters. The highest BCUT2D eigenvalue weighted by atomic mass is 35.5. The number of nitrogens with one attached hydrogen (secondary N) is 1. The summed E-state index contributed by atoms with van der Waals surface area (Å²) < 4.78 is 19.7. The van der Waals surface area contributed by atoms with Gasteiger partial charge in [-0.05, 0) is 61.2 Å². The molecule has 0 aliphatic heterocycles. The molecule has 0 fully saturated rings. The Morgan fingerprint density at radius 1 is 1.10 bits per heavy atom. The van der Waals surface area contributed by atoms with Crippen molar-refractivity contribution in [3.05, 3.63) is 94.9 Å². The average Bonchev–Trinajstić information content (AvgIpc) is 2.74. The smallest absolute Gasteiger partial charge is 0.263 e. The fraction of sp³-hybridized carbons (Fsp3) is 0.280. The normalized spacial score (nSPS) is 13.3. The summed E-state index contributed by atoms with van der Waals surface area (Å²) in [6.07, 6.45) is 1.61. The van der Waals surface area contributed by atoms with Gasteiger partial charge in [0.2, 0.25) is 5.88 Å². The third kappa shape index (κ3) is 6.05. The lowest BCUT2D eigenvalue weighted by atomic mass is 9.82. The predicted molar refractivity (Wildman–Crippen MR) is 121 cm³/mol. The van der Waals surface area contributed by atoms with Crippen molar-refractivity contribution in [1.82, 2.24) is 10.3 Å². The quantitative estimate of drug-likeness (QED) is 0.486. The molecule has 1 N–H and O–H groups in total. The molecule has 0 radical (unpaired) electrons. The van der Waals surface area contributed by atoms with Crippen LogP contribution in [0.1, 0.15) is 43.7 Å². The van der Waals surface area contributed by atoms with Crippen LogP contribution in [0.5, 0.6) is 5.88 Å². The molecule has 2 atom stereocenters. The van der Waals surface area contributed by atoms with E-state index in [-0.39, 0.29) is 23.6 Å². The lowest BCUT2D eigenvalue weighted by Crippen LogP contribution is -2.48. The molecular weight excluding hydrogens is 415 g/mol. The van der Waals surface area contributed by atoms with Crippen molar-refractivity contribution in [2.75, 3.05) is 6.54 Å². The number of pyridine rings is 1. The Kier molecular flexibility index (Phi) is 7.29. The lowest BCUT2D eigenvalue weighted by Gasteiger charge is -2.29. The zero-order chi connectivity index (χ0) is 22.4. The highest BCUT2D eigenvalue weighted by molar-refractivity contribution is 6.30. The number of carbonyl (C=O) groups is 1. The van der Waals surface area contributed by atoms with Crippen molar-refractivity contribution in [2.24, 2.45) is 0 Å². The predicted octanol–water partition coefficient (Wildman–Crippen LogP) is 5.74. The van der Waals surface area contributed by atoms with E-state index in [9.17, 15) is 9.18 Å². The molecule has 0 aliphatic rings. The van der Waals surface area contributed by atoms with E-state index in [2.05, 4.69) is 17.2 Å². The van der Waals surface area contributed by atoms with Crippen LogP contribution >= 0.6 is 11.6 Å². The van der Waals surface area contributed by atoms with Gasteiger partial charge < -0.3 is 10.1 Å². The van der Waals surface area contributed by atoms with Gasteiger partial charge >= 0.3 is 0 Å². The van der Waals surface area contributed by atoms with Crippen LogP contribution in [0.3, 0.4) is 0 Å². The minimum Gasteiger partial charge on any atom is -0.462 e. The molecule has 2 aromatic carbocycles. The van der Waals surface area contributed by atoms with Gasteiger partial charge in [-0.2, -0.15) is 0 Å². The molecule has 0 bridgehead atoms. The maximum absolute atomic E-state index is 13.9. The lowest BCUT2D eigenvalue weighted by molar-refractivity contribution is -0.134. The Bertz CT molecular complexity index is 1010. The fourth-order valence-electron chi connectivity index (χ4n) is 3.45. The average molecular weight is 441 g/mol. The molecule has 1 amide bonds. The van der Waals surface area contributed by atoms with Crippen molar-refractivity contribution in [3.8, 4) is 5.88 Å². The molecule has 0 saturated heterocycles. The van der Waals surface area contributed by atoms with Crippen molar-refractivity contribution >= 4 is 17.5 Å². The first-order valence-electron chi connectivity index (χ1n) is 10.2. The first-order valence-corrected chi connectivity index (χ1v) is 10.5. The summed E-state index contributed by atoms with van der Waals surface area (Å²) in [6, 6.07) is 19.3. The van der Waals surface area contributed by atoms with Crippen LogP contribution in [0.15, 0.2) is 72.9 Å². The molecule has 0 spiro atoms. The van der Waals surface area contributed by atoms with E-state index in [1.165, 1.54) is 12.1 Å². The first-order chi connectivity index (χ1) is 14.8. The van der Waals surface area contributed by atoms with Gasteiger partial charge in [0.1, 0.15) is 5.82 Å². The van der Waals surface area contributed by atoms with E-state index in [1.807, 2.05) is 30.3 Å². The van der Waals surface area contributed by atoms with E-state index in [0.29, 0.717) is 17.4 Å². The van der Waals surface area contributed by atoms with Gasteiger partial charge in [0.15, 0.2) is 5.60 Å². The Labute approximate surface area is 187 Å². The number of nitrogens with zero attached hydrogens (tertiary/aromatic N) is 1. The Balaban J connectivity index is 1.78. The summed E-state index contributed by atoms with van der Waals surface area (Å²) in [5.41, 5.74) is 0.743. The van der Waals surface area contributed by atoms with Crippen LogP contribution in [-0.4, -0.2) is 23.0 Å². The molecule has 31 heavy (non-hydrogen) atoms. The molecule has 1 aromatic heterocycles. The van der Waals surface area contributed by atoms with Crippen LogP contribution in [-0.2, 0) is 4.79 Å². The zero-order valence-corrected chi connectivity index (χ0v) is 18.6. The van der Waals surface area contributed by atoms with E-state index < -0.39 is 5.60 Å². The number of carbonyl (C=O) groups excluding carboxylic acids is 1. The molecule has 3 rings (SSSR count). The highest BCUT2D eigenvalue weighted by Gasteiger charge is 2.32. The standard InChI is InChI=1S/C25H26ClFN2O2/c1-17(18-10-12-20(26)13-11-18)22(19-7-6-8-21(27)15-19)16-29-24(30)25(2,3)31-23-9-4-5-14-28-23/h4-15,17,22H,16H2,1-3H3,(H,29,30). The highest BCUT2D eigenvalue weighted by Crippen LogP contribution is 2.33. The zero-order valence-electron chi connectivity index (χ0n) is 17.8. The number of amides is 1. The minimum absolute atomic E-state index is 0.0131. The largest absolute Gasteiger partial charge is 0.462 e. The Morgan fingerprint density at radius 3 is 2.48 bits per heavy atom. The molecule has 3 aromatic rings. The van der Waals surface area contributed by atoms with Gasteiger partial charge in [-0.1, -0.05) is 48.9 Å². The van der Waals surface area contributed by atoms with E-state index >= 15 is 0 Å². The van der Waals surface area contributed by atoms with E-state index in [1.54, 1.807) is 44.3 Å². The van der Waals surface area contributed by atoms with Gasteiger partial charge in [-0.3, -0.25) is 4.79 Å². The molecule has 1 heterocycles. The summed E-state index contributed by atoms with van der Waals surface area (Å²) in [5.74, 6) is -0.344. The maximum Gasteiger partial charge on any atom is 0.263 e. The summed E-state index contributed by atoms with van der Waals surface area (Å²) in [6.45, 7) is 5.76. The minimum atomic E-state index is -1.12. The molecule has 6 heteroatoms. The monoisotopic (exact) mass is 440 g/mol. The van der Waals surface area contributed by atoms with Crippen molar-refractivity contribution in [2.45, 2.75) is 38.2 Å². The number of halogens is 2. The van der Waals surface area contributed by atoms with Crippen molar-refractivity contribution < 1.29 is 13.9 Å². The van der Waals surface area contributed by atoms with Crippen LogP contribution in [0.25, 0.3) is 0 Å². The van der Waals surface area contributed by atoms with Crippen molar-refractivity contribution in [1.29, 1.82) is 0 Å². The number of ether oxygens (including phenoxy) is 1. The number of benzene rings is 2. The molecule has 0 saturated carbocycles. The van der Waals surface area contributed by atoms with Gasteiger partial charge in [-0.15, -0.1) is 0 Å². The Hall–Kier alpha value is -2.92. The first kappa shape index (κ1) is 22.8. The van der Waals surface area contributed by atoms with Gasteiger partial charge in [0, 0.05) is 29.7 Å². The molecular formula is C25H26ClFN2O2. The van der Waals surface area contributed by atoms with Crippen LogP contribution in [0, 0.1) is 5.82 Å². The van der Waals surface area contributed by atoms with Gasteiger partial charge in [-0.25, -0.2) is 9.37 Å². The summed E-state index contributed by atoms with van der Waals surface area (Å²) in [4.78, 5) is 17.0. The van der Waals surface area contributed by atoms with Crippen LogP contribution in [0.2, 0.25) is 5.02 Å². The topological polar surface area (TPSA) is 51.2 Å². The van der Waals surface area contributed by atoms with Crippen LogP contribution < -0.4 is 10.1 Å². The van der Waals surface area contributed by atoms with Gasteiger partial charge in [0.05, 0.1) is 0 Å². The second-order valence-corrected chi connectivity index (χ2v) is 8.43. The summed E-state index contributed by atoms with van der Waals surface area (Å²) >= 11 is 6.03. The Morgan fingerprint density at radius 2 is 1.84 bits per heavy atom. The number of rotatable bonds is 8. The fourth-order valence-corrected chi connectivity index (χ4v) is 3.58. The van der Waals surface area contributed by atoms with E-state index in [0.717, 1.165) is 11.1 Å². The summed E-state index contributed by atoms with van der Waals surface area (Å²) in [5, 5.41) is 3.64. The second-order valence-electron chi connectivity index (χ2n) is 7.99.